The molecule has 2 aromatic carbocycles. The van der Waals surface area contributed by atoms with Crippen LogP contribution in [-0.2, 0) is 17.8 Å². The Balaban J connectivity index is 1.64. The van der Waals surface area contributed by atoms with Crippen molar-refractivity contribution in [1.82, 2.24) is 24.8 Å². The number of methoxy groups -OCH3 is 1. The standard InChI is InChI=1S/C23H18ClFN6O4/c1-35-21-11-30(10-15(32)6-13-2-4-16(23(26)34)19(25)7-13)22(33)9-18(21)17-8-14(24)3-5-20(17)31-12-27-28-29-31/h2-5,7-9,11-12H,6,10H2,1H3,(H2,26,34). The van der Waals surface area contributed by atoms with Crippen LogP contribution < -0.4 is 16.0 Å². The third-order valence-electron chi connectivity index (χ3n) is 5.20. The van der Waals surface area contributed by atoms with Gasteiger partial charge in [-0.2, -0.15) is 4.68 Å². The average molecular weight is 497 g/mol. The number of primary amides is 1. The molecular weight excluding hydrogens is 479 g/mol. The number of nitrogens with zero attached hydrogens (tertiary/aromatic N) is 5. The number of tetrazole rings is 1. The minimum absolute atomic E-state index is 0.149. The van der Waals surface area contributed by atoms with Crippen molar-refractivity contribution in [2.45, 2.75) is 13.0 Å². The highest BCUT2D eigenvalue weighted by Gasteiger charge is 2.17. The number of benzene rings is 2. The van der Waals surface area contributed by atoms with Crippen LogP contribution in [0.4, 0.5) is 4.39 Å². The maximum absolute atomic E-state index is 14.0. The van der Waals surface area contributed by atoms with Crippen LogP contribution >= 0.6 is 11.6 Å². The fourth-order valence-electron chi connectivity index (χ4n) is 3.59. The average Bonchev–Trinajstić information content (AvgIpc) is 3.34. The normalized spacial score (nSPS) is 10.8. The topological polar surface area (TPSA) is 135 Å². The lowest BCUT2D eigenvalue weighted by Crippen LogP contribution is -2.24. The molecule has 1 amide bonds. The van der Waals surface area contributed by atoms with E-state index in [-0.39, 0.29) is 24.3 Å². The van der Waals surface area contributed by atoms with Crippen LogP contribution in [-0.4, -0.2) is 43.6 Å². The molecule has 0 aliphatic carbocycles. The van der Waals surface area contributed by atoms with Gasteiger partial charge >= 0.3 is 0 Å². The molecule has 12 heteroatoms. The van der Waals surface area contributed by atoms with Gasteiger partial charge in [-0.25, -0.2) is 4.39 Å². The molecule has 0 saturated carbocycles. The van der Waals surface area contributed by atoms with Crippen LogP contribution in [0.15, 0.2) is 59.8 Å². The molecule has 0 atom stereocenters. The smallest absolute Gasteiger partial charge is 0.251 e. The number of Topliss-reactive ketones (excluding diaryl/α,β-unsaturated/α-hetero) is 1. The van der Waals surface area contributed by atoms with E-state index in [1.165, 1.54) is 47.1 Å². The Morgan fingerprint density at radius 2 is 1.94 bits per heavy atom. The second-order valence-corrected chi connectivity index (χ2v) is 7.97. The fourth-order valence-corrected chi connectivity index (χ4v) is 3.76. The number of carbonyl (C=O) groups excluding carboxylic acids is 2. The maximum atomic E-state index is 14.0. The molecule has 178 valence electrons. The van der Waals surface area contributed by atoms with E-state index in [0.29, 0.717) is 33.1 Å². The molecule has 2 heterocycles. The van der Waals surface area contributed by atoms with E-state index in [0.717, 1.165) is 6.07 Å². The van der Waals surface area contributed by atoms with Gasteiger partial charge in [-0.05, 0) is 46.3 Å². The van der Waals surface area contributed by atoms with Gasteiger partial charge in [0.1, 0.15) is 17.9 Å². The minimum Gasteiger partial charge on any atom is -0.495 e. The number of rotatable bonds is 8. The molecule has 0 spiro atoms. The molecular formula is C23H18ClFN6O4. The zero-order valence-electron chi connectivity index (χ0n) is 18.3. The number of ether oxygens (including phenoxy) is 1. The largest absolute Gasteiger partial charge is 0.495 e. The Morgan fingerprint density at radius 1 is 1.14 bits per heavy atom. The van der Waals surface area contributed by atoms with Gasteiger partial charge in [-0.15, -0.1) is 5.10 Å². The van der Waals surface area contributed by atoms with Gasteiger partial charge in [-0.3, -0.25) is 14.4 Å². The highest BCUT2D eigenvalue weighted by atomic mass is 35.5. The van der Waals surface area contributed by atoms with E-state index in [2.05, 4.69) is 15.5 Å². The Bertz CT molecular complexity index is 1490. The summed E-state index contributed by atoms with van der Waals surface area (Å²) < 4.78 is 22.1. The van der Waals surface area contributed by atoms with Gasteiger partial charge in [0.05, 0.1) is 31.1 Å². The molecule has 4 aromatic rings. The van der Waals surface area contributed by atoms with Crippen molar-refractivity contribution in [2.75, 3.05) is 7.11 Å². The van der Waals surface area contributed by atoms with E-state index in [9.17, 15) is 18.8 Å². The maximum Gasteiger partial charge on any atom is 0.251 e. The number of pyridine rings is 1. The predicted octanol–water partition coefficient (Wildman–Crippen LogP) is 2.20. The molecule has 10 nitrogen and oxygen atoms in total. The Labute approximate surface area is 202 Å². The monoisotopic (exact) mass is 496 g/mol. The van der Waals surface area contributed by atoms with Crippen molar-refractivity contribution in [3.8, 4) is 22.6 Å². The van der Waals surface area contributed by atoms with Gasteiger partial charge in [-0.1, -0.05) is 17.7 Å². The molecule has 0 aliphatic heterocycles. The van der Waals surface area contributed by atoms with Crippen molar-refractivity contribution >= 4 is 23.3 Å². The van der Waals surface area contributed by atoms with Crippen LogP contribution in [0.2, 0.25) is 5.02 Å². The number of carbonyl (C=O) groups is 2. The second kappa shape index (κ2) is 9.85. The molecule has 0 saturated heterocycles. The highest BCUT2D eigenvalue weighted by molar-refractivity contribution is 6.31. The lowest BCUT2D eigenvalue weighted by atomic mass is 10.0. The molecule has 0 bridgehead atoms. The zero-order chi connectivity index (χ0) is 25.1. The van der Waals surface area contributed by atoms with Crippen molar-refractivity contribution in [3.05, 3.63) is 87.3 Å². The predicted molar refractivity (Wildman–Crippen MR) is 124 cm³/mol. The summed E-state index contributed by atoms with van der Waals surface area (Å²) >= 11 is 6.20. The number of ketones is 1. The van der Waals surface area contributed by atoms with E-state index < -0.39 is 17.3 Å². The summed E-state index contributed by atoms with van der Waals surface area (Å²) in [6.07, 6.45) is 2.67. The summed E-state index contributed by atoms with van der Waals surface area (Å²) in [5, 5.41) is 11.6. The van der Waals surface area contributed by atoms with Crippen LogP contribution in [0.1, 0.15) is 15.9 Å². The highest BCUT2D eigenvalue weighted by Crippen LogP contribution is 2.34. The van der Waals surface area contributed by atoms with E-state index in [4.69, 9.17) is 22.1 Å². The van der Waals surface area contributed by atoms with Gasteiger partial charge in [0, 0.05) is 28.6 Å². The molecule has 0 radical (unpaired) electrons. The van der Waals surface area contributed by atoms with Crippen LogP contribution in [0.5, 0.6) is 5.75 Å². The molecule has 0 aliphatic rings. The number of amides is 1. The summed E-state index contributed by atoms with van der Waals surface area (Å²) in [6.45, 7) is -0.274. The van der Waals surface area contributed by atoms with Crippen molar-refractivity contribution in [2.24, 2.45) is 5.73 Å². The van der Waals surface area contributed by atoms with Gasteiger partial charge in [0.15, 0.2) is 5.78 Å². The fraction of sp³-hybridized carbons (Fsp3) is 0.130. The van der Waals surface area contributed by atoms with Crippen LogP contribution in [0.3, 0.4) is 0 Å². The van der Waals surface area contributed by atoms with Crippen molar-refractivity contribution in [3.63, 3.8) is 0 Å². The Morgan fingerprint density at radius 3 is 2.60 bits per heavy atom. The quantitative estimate of drug-likeness (QED) is 0.395. The molecule has 0 unspecified atom stereocenters. The summed E-state index contributed by atoms with van der Waals surface area (Å²) in [5.41, 5.74) is 6.25. The number of hydrogen-bond donors (Lipinski definition) is 1. The summed E-state index contributed by atoms with van der Waals surface area (Å²) in [6, 6.07) is 10.1. The van der Waals surface area contributed by atoms with E-state index in [1.54, 1.807) is 18.2 Å². The number of aromatic nitrogens is 5. The minimum atomic E-state index is -0.901. The first-order valence-corrected chi connectivity index (χ1v) is 10.6. The first kappa shape index (κ1) is 23.8. The van der Waals surface area contributed by atoms with Crippen LogP contribution in [0, 0.1) is 5.82 Å². The second-order valence-electron chi connectivity index (χ2n) is 7.53. The third-order valence-corrected chi connectivity index (χ3v) is 5.44. The van der Waals surface area contributed by atoms with Crippen LogP contribution in [0.25, 0.3) is 16.8 Å². The number of nitrogens with two attached hydrogens (primary N) is 1. The SMILES string of the molecule is COc1cn(CC(=O)Cc2ccc(C(N)=O)c(F)c2)c(=O)cc1-c1cc(Cl)ccc1-n1cnnn1. The van der Waals surface area contributed by atoms with Gasteiger partial charge in [0.2, 0.25) is 0 Å². The van der Waals surface area contributed by atoms with Gasteiger partial charge < -0.3 is 15.0 Å². The number of halogens is 2. The molecule has 35 heavy (non-hydrogen) atoms. The Kier molecular flexibility index (Phi) is 6.69. The van der Waals surface area contributed by atoms with Gasteiger partial charge in [0.25, 0.3) is 11.5 Å². The third kappa shape index (κ3) is 5.09. The summed E-state index contributed by atoms with van der Waals surface area (Å²) in [4.78, 5) is 36.7. The van der Waals surface area contributed by atoms with Crippen molar-refractivity contribution in [1.29, 1.82) is 0 Å². The Hall–Kier alpha value is -4.38. The lowest BCUT2D eigenvalue weighted by molar-refractivity contribution is -0.119. The van der Waals surface area contributed by atoms with Crippen molar-refractivity contribution < 1.29 is 18.7 Å². The van der Waals surface area contributed by atoms with E-state index in [1.807, 2.05) is 0 Å². The summed E-state index contributed by atoms with van der Waals surface area (Å²) in [7, 11) is 1.43. The first-order chi connectivity index (χ1) is 16.8. The summed E-state index contributed by atoms with van der Waals surface area (Å²) in [5.74, 6) is -1.76. The zero-order valence-corrected chi connectivity index (χ0v) is 19.1. The molecule has 2 N–H and O–H groups in total. The molecule has 4 rings (SSSR count). The molecule has 2 aromatic heterocycles. The van der Waals surface area contributed by atoms with E-state index >= 15 is 0 Å². The lowest BCUT2D eigenvalue weighted by Gasteiger charge is -2.15. The number of hydrogen-bond acceptors (Lipinski definition) is 7. The molecule has 0 fully saturated rings. The first-order valence-electron chi connectivity index (χ1n) is 10.2.